The van der Waals surface area contributed by atoms with Crippen LogP contribution < -0.4 is 20.7 Å². The highest BCUT2D eigenvalue weighted by atomic mass is 127. The van der Waals surface area contributed by atoms with Crippen LogP contribution >= 0.6 is 24.0 Å². The highest BCUT2D eigenvalue weighted by Crippen LogP contribution is 2.16. The second kappa shape index (κ2) is 13.8. The van der Waals surface area contributed by atoms with E-state index >= 15 is 0 Å². The number of amides is 1. The summed E-state index contributed by atoms with van der Waals surface area (Å²) in [4.78, 5) is 15.8. The number of nitrogens with zero attached hydrogens (tertiary/aromatic N) is 1. The van der Waals surface area contributed by atoms with E-state index in [1.807, 2.05) is 38.1 Å². The Bertz CT molecular complexity index is 815. The molecule has 0 heterocycles. The van der Waals surface area contributed by atoms with Gasteiger partial charge in [-0.3, -0.25) is 9.79 Å². The molecule has 0 saturated heterocycles. The lowest BCUT2D eigenvalue weighted by Gasteiger charge is -2.18. The molecule has 0 aliphatic rings. The Morgan fingerprint density at radius 3 is 2.47 bits per heavy atom. The molecule has 0 aliphatic carbocycles. The zero-order valence-electron chi connectivity index (χ0n) is 17.6. The molecule has 30 heavy (non-hydrogen) atoms. The maximum atomic E-state index is 13.7. The SMILES string of the molecule is CCCC(=O)Nc1ccc(CNC(=NC)NCC(C)Oc2ccccc2F)cc1.I. The van der Waals surface area contributed by atoms with Crippen LogP contribution in [-0.2, 0) is 11.3 Å². The van der Waals surface area contributed by atoms with Crippen LogP contribution in [0.4, 0.5) is 10.1 Å². The minimum Gasteiger partial charge on any atom is -0.486 e. The van der Waals surface area contributed by atoms with Crippen molar-refractivity contribution < 1.29 is 13.9 Å². The number of benzene rings is 2. The lowest BCUT2D eigenvalue weighted by Crippen LogP contribution is -2.41. The monoisotopic (exact) mass is 528 g/mol. The Hall–Kier alpha value is -2.36. The zero-order valence-corrected chi connectivity index (χ0v) is 19.9. The largest absolute Gasteiger partial charge is 0.486 e. The number of rotatable bonds is 9. The molecule has 0 bridgehead atoms. The van der Waals surface area contributed by atoms with Gasteiger partial charge in [-0.25, -0.2) is 4.39 Å². The van der Waals surface area contributed by atoms with Crippen molar-refractivity contribution in [2.75, 3.05) is 18.9 Å². The number of nitrogens with one attached hydrogen (secondary N) is 3. The van der Waals surface area contributed by atoms with Gasteiger partial charge in [-0.2, -0.15) is 0 Å². The van der Waals surface area contributed by atoms with Crippen LogP contribution in [0.1, 0.15) is 32.3 Å². The van der Waals surface area contributed by atoms with Gasteiger partial charge in [-0.05, 0) is 43.2 Å². The summed E-state index contributed by atoms with van der Waals surface area (Å²) in [5, 5.41) is 9.25. The average molecular weight is 528 g/mol. The van der Waals surface area contributed by atoms with Crippen molar-refractivity contribution >= 4 is 41.5 Å². The number of anilines is 1. The highest BCUT2D eigenvalue weighted by Gasteiger charge is 2.09. The van der Waals surface area contributed by atoms with Crippen LogP contribution in [0.15, 0.2) is 53.5 Å². The van der Waals surface area contributed by atoms with Gasteiger partial charge >= 0.3 is 0 Å². The molecule has 2 aromatic carbocycles. The molecule has 1 amide bonds. The number of carbonyl (C=O) groups is 1. The molecule has 0 aliphatic heterocycles. The van der Waals surface area contributed by atoms with E-state index in [1.165, 1.54) is 6.07 Å². The van der Waals surface area contributed by atoms with E-state index < -0.39 is 0 Å². The Morgan fingerprint density at radius 2 is 1.83 bits per heavy atom. The summed E-state index contributed by atoms with van der Waals surface area (Å²) in [6.45, 7) is 4.88. The van der Waals surface area contributed by atoms with Crippen LogP contribution in [0.5, 0.6) is 5.75 Å². The van der Waals surface area contributed by atoms with Crippen LogP contribution in [0.2, 0.25) is 0 Å². The van der Waals surface area contributed by atoms with Crippen molar-refractivity contribution in [1.82, 2.24) is 10.6 Å². The van der Waals surface area contributed by atoms with Crippen LogP contribution in [0.25, 0.3) is 0 Å². The maximum absolute atomic E-state index is 13.7. The first kappa shape index (κ1) is 25.7. The molecule has 2 aromatic rings. The number of halogens is 2. The molecule has 0 fully saturated rings. The number of para-hydroxylation sites is 1. The fraction of sp³-hybridized carbons (Fsp3) is 0.364. The van der Waals surface area contributed by atoms with E-state index in [9.17, 15) is 9.18 Å². The first-order chi connectivity index (χ1) is 14.0. The second-order valence-corrected chi connectivity index (χ2v) is 6.66. The normalized spacial score (nSPS) is 11.8. The molecule has 2 rings (SSSR count). The summed E-state index contributed by atoms with van der Waals surface area (Å²) in [5.41, 5.74) is 1.84. The van der Waals surface area contributed by atoms with Gasteiger partial charge in [0.25, 0.3) is 0 Å². The third-order valence-corrected chi connectivity index (χ3v) is 4.12. The number of ether oxygens (including phenoxy) is 1. The van der Waals surface area contributed by atoms with Gasteiger partial charge in [0, 0.05) is 25.7 Å². The lowest BCUT2D eigenvalue weighted by atomic mass is 10.2. The van der Waals surface area contributed by atoms with Gasteiger partial charge in [0.05, 0.1) is 6.54 Å². The number of hydrogen-bond acceptors (Lipinski definition) is 3. The molecule has 0 spiro atoms. The molecular weight excluding hydrogens is 498 g/mol. The summed E-state index contributed by atoms with van der Waals surface area (Å²) >= 11 is 0. The number of aliphatic imine (C=N–C) groups is 1. The summed E-state index contributed by atoms with van der Waals surface area (Å²) in [5.74, 6) is 0.496. The molecule has 3 N–H and O–H groups in total. The van der Waals surface area contributed by atoms with Gasteiger partial charge < -0.3 is 20.7 Å². The Balaban J connectivity index is 0.00000450. The number of hydrogen-bond donors (Lipinski definition) is 3. The van der Waals surface area contributed by atoms with E-state index in [0.29, 0.717) is 25.5 Å². The predicted octanol–water partition coefficient (Wildman–Crippen LogP) is 4.31. The van der Waals surface area contributed by atoms with E-state index in [4.69, 9.17) is 4.74 Å². The van der Waals surface area contributed by atoms with Gasteiger partial charge in [0.2, 0.25) is 5.91 Å². The Kier molecular flexibility index (Phi) is 11.8. The predicted molar refractivity (Wildman–Crippen MR) is 130 cm³/mol. The van der Waals surface area contributed by atoms with Crippen LogP contribution in [-0.4, -0.2) is 31.6 Å². The summed E-state index contributed by atoms with van der Waals surface area (Å²) in [6, 6.07) is 14.0. The molecule has 0 aromatic heterocycles. The molecule has 1 unspecified atom stereocenters. The molecule has 0 radical (unpaired) electrons. The first-order valence-corrected chi connectivity index (χ1v) is 9.76. The van der Waals surface area contributed by atoms with Gasteiger partial charge in [-0.15, -0.1) is 24.0 Å². The van der Waals surface area contributed by atoms with Crippen molar-refractivity contribution in [3.05, 3.63) is 59.9 Å². The average Bonchev–Trinajstić information content (AvgIpc) is 2.71. The van der Waals surface area contributed by atoms with E-state index in [1.54, 1.807) is 25.2 Å². The van der Waals surface area contributed by atoms with E-state index in [2.05, 4.69) is 20.9 Å². The van der Waals surface area contributed by atoms with E-state index in [0.717, 1.165) is 17.7 Å². The molecule has 8 heteroatoms. The van der Waals surface area contributed by atoms with Crippen molar-refractivity contribution in [1.29, 1.82) is 0 Å². The molecule has 1 atom stereocenters. The third kappa shape index (κ3) is 8.98. The third-order valence-electron chi connectivity index (χ3n) is 4.12. The fourth-order valence-electron chi connectivity index (χ4n) is 2.60. The number of carbonyl (C=O) groups excluding carboxylic acids is 1. The topological polar surface area (TPSA) is 74.8 Å². The van der Waals surface area contributed by atoms with Crippen molar-refractivity contribution in [2.45, 2.75) is 39.3 Å². The molecule has 0 saturated carbocycles. The smallest absolute Gasteiger partial charge is 0.224 e. The highest BCUT2D eigenvalue weighted by molar-refractivity contribution is 14.0. The fourth-order valence-corrected chi connectivity index (χ4v) is 2.60. The van der Waals surface area contributed by atoms with Crippen molar-refractivity contribution in [3.8, 4) is 5.75 Å². The van der Waals surface area contributed by atoms with Gasteiger partial charge in [0.15, 0.2) is 17.5 Å². The maximum Gasteiger partial charge on any atom is 0.224 e. The van der Waals surface area contributed by atoms with Gasteiger partial charge in [-0.1, -0.05) is 31.2 Å². The van der Waals surface area contributed by atoms with Crippen LogP contribution in [0.3, 0.4) is 0 Å². The molecular formula is C22H30FIN4O2. The van der Waals surface area contributed by atoms with Crippen molar-refractivity contribution in [3.63, 3.8) is 0 Å². The summed E-state index contributed by atoms with van der Waals surface area (Å²) in [7, 11) is 1.68. The number of guanidine groups is 1. The summed E-state index contributed by atoms with van der Waals surface area (Å²) in [6.07, 6.45) is 1.10. The quantitative estimate of drug-likeness (QED) is 0.258. The zero-order chi connectivity index (χ0) is 21.1. The minimum absolute atomic E-state index is 0. The Morgan fingerprint density at radius 1 is 1.13 bits per heavy atom. The standard InChI is InChI=1S/C22H29FN4O2.HI/c1-4-7-21(28)27-18-12-10-17(11-13-18)15-26-22(24-3)25-14-16(2)29-20-9-6-5-8-19(20)23;/h5-6,8-13,16H,4,7,14-15H2,1-3H3,(H,27,28)(H2,24,25,26);1H. The van der Waals surface area contributed by atoms with E-state index in [-0.39, 0.29) is 47.6 Å². The van der Waals surface area contributed by atoms with Crippen LogP contribution in [0, 0.1) is 5.82 Å². The van der Waals surface area contributed by atoms with Gasteiger partial charge in [0.1, 0.15) is 6.10 Å². The summed E-state index contributed by atoms with van der Waals surface area (Å²) < 4.78 is 19.3. The van der Waals surface area contributed by atoms with Crippen molar-refractivity contribution in [2.24, 2.45) is 4.99 Å². The second-order valence-electron chi connectivity index (χ2n) is 6.66. The Labute approximate surface area is 194 Å². The lowest BCUT2D eigenvalue weighted by molar-refractivity contribution is -0.116. The minimum atomic E-state index is -0.379. The molecule has 164 valence electrons. The molecule has 6 nitrogen and oxygen atoms in total. The first-order valence-electron chi connectivity index (χ1n) is 9.76.